The van der Waals surface area contributed by atoms with E-state index in [-0.39, 0.29) is 11.3 Å². The topological polar surface area (TPSA) is 50.2 Å². The average Bonchev–Trinajstić information content (AvgIpc) is 2.29. The van der Waals surface area contributed by atoms with Gasteiger partial charge in [0.05, 0.1) is 5.69 Å². The largest absolute Gasteiger partial charge is 0.478 e. The second kappa shape index (κ2) is 4.29. The Kier molecular flexibility index (Phi) is 2.82. The maximum atomic E-state index is 13.4. The smallest absolute Gasteiger partial charge is 0.340 e. The Morgan fingerprint density at radius 3 is 2.41 bits per heavy atom. The molecule has 0 atom stereocenters. The fraction of sp³-hybridized carbons (Fsp3) is 0. The van der Waals surface area contributed by atoms with Gasteiger partial charge < -0.3 is 5.11 Å². The first-order chi connectivity index (χ1) is 8.09. The van der Waals surface area contributed by atoms with Crippen molar-refractivity contribution in [1.82, 2.24) is 4.98 Å². The molecule has 1 aromatic carbocycles. The van der Waals surface area contributed by atoms with Crippen LogP contribution < -0.4 is 0 Å². The molecule has 5 heteroatoms. The van der Waals surface area contributed by atoms with Crippen molar-refractivity contribution in [1.29, 1.82) is 0 Å². The SMILES string of the molecule is O=C(O)c1ccc(-c2ccccc2F)nc1F. The highest BCUT2D eigenvalue weighted by Gasteiger charge is 2.14. The van der Waals surface area contributed by atoms with E-state index in [9.17, 15) is 13.6 Å². The van der Waals surface area contributed by atoms with E-state index >= 15 is 0 Å². The number of hydrogen-bond acceptors (Lipinski definition) is 2. The molecule has 0 aliphatic heterocycles. The highest BCUT2D eigenvalue weighted by atomic mass is 19.1. The molecular formula is C12H7F2NO2. The number of carboxylic acids is 1. The maximum absolute atomic E-state index is 13.4. The number of carboxylic acid groups (broad SMARTS) is 1. The lowest BCUT2D eigenvalue weighted by Crippen LogP contribution is -2.03. The van der Waals surface area contributed by atoms with Crippen molar-refractivity contribution < 1.29 is 18.7 Å². The van der Waals surface area contributed by atoms with Crippen molar-refractivity contribution in [2.45, 2.75) is 0 Å². The highest BCUT2D eigenvalue weighted by molar-refractivity contribution is 5.87. The lowest BCUT2D eigenvalue weighted by molar-refractivity contribution is 0.0691. The Balaban J connectivity index is 2.52. The van der Waals surface area contributed by atoms with Crippen LogP contribution in [-0.4, -0.2) is 16.1 Å². The summed E-state index contributed by atoms with van der Waals surface area (Å²) in [5.74, 6) is -3.07. The molecule has 0 unspecified atom stereocenters. The predicted molar refractivity (Wildman–Crippen MR) is 56.5 cm³/mol. The summed E-state index contributed by atoms with van der Waals surface area (Å²) in [5, 5.41) is 8.63. The summed E-state index contributed by atoms with van der Waals surface area (Å²) >= 11 is 0. The molecule has 2 aromatic rings. The maximum Gasteiger partial charge on any atom is 0.340 e. The fourth-order valence-electron chi connectivity index (χ4n) is 1.41. The van der Waals surface area contributed by atoms with Gasteiger partial charge in [0.1, 0.15) is 11.4 Å². The molecule has 0 aliphatic rings. The molecule has 1 N–H and O–H groups in total. The van der Waals surface area contributed by atoms with Gasteiger partial charge in [-0.25, -0.2) is 14.2 Å². The fourth-order valence-corrected chi connectivity index (χ4v) is 1.41. The minimum Gasteiger partial charge on any atom is -0.478 e. The molecule has 3 nitrogen and oxygen atoms in total. The monoisotopic (exact) mass is 235 g/mol. The first-order valence-corrected chi connectivity index (χ1v) is 4.74. The number of carbonyl (C=O) groups is 1. The standard InChI is InChI=1S/C12H7F2NO2/c13-9-4-2-1-3-7(9)10-6-5-8(12(16)17)11(14)15-10/h1-6H,(H,16,17). The molecule has 0 spiro atoms. The molecule has 1 aromatic heterocycles. The highest BCUT2D eigenvalue weighted by Crippen LogP contribution is 2.21. The molecule has 1 heterocycles. The number of rotatable bonds is 2. The molecule has 17 heavy (non-hydrogen) atoms. The number of halogens is 2. The number of pyridine rings is 1. The van der Waals surface area contributed by atoms with Crippen molar-refractivity contribution in [2.24, 2.45) is 0 Å². The Morgan fingerprint density at radius 2 is 1.82 bits per heavy atom. The average molecular weight is 235 g/mol. The molecule has 0 saturated carbocycles. The van der Waals surface area contributed by atoms with Gasteiger partial charge in [0, 0.05) is 5.56 Å². The normalized spacial score (nSPS) is 10.2. The van der Waals surface area contributed by atoms with E-state index in [4.69, 9.17) is 5.11 Å². The molecular weight excluding hydrogens is 228 g/mol. The quantitative estimate of drug-likeness (QED) is 0.814. The first-order valence-electron chi connectivity index (χ1n) is 4.74. The van der Waals surface area contributed by atoms with Gasteiger partial charge in [0.15, 0.2) is 0 Å². The van der Waals surface area contributed by atoms with Crippen molar-refractivity contribution in [3.8, 4) is 11.3 Å². The molecule has 0 amide bonds. The number of nitrogens with zero attached hydrogens (tertiary/aromatic N) is 1. The van der Waals surface area contributed by atoms with Crippen LogP contribution in [0.25, 0.3) is 11.3 Å². The molecule has 0 radical (unpaired) electrons. The van der Waals surface area contributed by atoms with Crippen LogP contribution in [0, 0.1) is 11.8 Å². The third-order valence-electron chi connectivity index (χ3n) is 2.23. The van der Waals surface area contributed by atoms with E-state index in [2.05, 4.69) is 4.98 Å². The number of hydrogen-bond donors (Lipinski definition) is 1. The van der Waals surface area contributed by atoms with Crippen LogP contribution in [0.3, 0.4) is 0 Å². The van der Waals surface area contributed by atoms with Crippen LogP contribution >= 0.6 is 0 Å². The Morgan fingerprint density at radius 1 is 1.12 bits per heavy atom. The van der Waals surface area contributed by atoms with Crippen molar-refractivity contribution >= 4 is 5.97 Å². The summed E-state index contributed by atoms with van der Waals surface area (Å²) in [4.78, 5) is 14.0. The Hall–Kier alpha value is -2.30. The summed E-state index contributed by atoms with van der Waals surface area (Å²) in [6.45, 7) is 0. The van der Waals surface area contributed by atoms with E-state index in [1.807, 2.05) is 0 Å². The van der Waals surface area contributed by atoms with Gasteiger partial charge in [-0.3, -0.25) is 0 Å². The second-order valence-corrected chi connectivity index (χ2v) is 3.32. The zero-order valence-corrected chi connectivity index (χ0v) is 8.52. The van der Waals surface area contributed by atoms with Crippen molar-refractivity contribution in [2.75, 3.05) is 0 Å². The minimum absolute atomic E-state index is 0.0607. The molecule has 2 rings (SSSR count). The van der Waals surface area contributed by atoms with Gasteiger partial charge in [-0.15, -0.1) is 0 Å². The number of benzene rings is 1. The van der Waals surface area contributed by atoms with E-state index in [1.165, 1.54) is 24.3 Å². The zero-order chi connectivity index (χ0) is 12.4. The van der Waals surface area contributed by atoms with Crippen LogP contribution in [0.4, 0.5) is 8.78 Å². The first kappa shape index (κ1) is 11.2. The molecule has 0 fully saturated rings. The van der Waals surface area contributed by atoms with E-state index in [0.717, 1.165) is 6.07 Å². The van der Waals surface area contributed by atoms with Gasteiger partial charge in [-0.1, -0.05) is 12.1 Å². The summed E-state index contributed by atoms with van der Waals surface area (Å²) in [5.41, 5.74) is -0.348. The molecule has 0 bridgehead atoms. The minimum atomic E-state index is -1.41. The van der Waals surface area contributed by atoms with Gasteiger partial charge in [-0.2, -0.15) is 4.39 Å². The lowest BCUT2D eigenvalue weighted by atomic mass is 10.1. The summed E-state index contributed by atoms with van der Waals surface area (Å²) in [6, 6.07) is 8.08. The van der Waals surface area contributed by atoms with E-state index < -0.39 is 23.3 Å². The van der Waals surface area contributed by atoms with Gasteiger partial charge >= 0.3 is 5.97 Å². The Bertz CT molecular complexity index is 584. The number of aromatic nitrogens is 1. The van der Waals surface area contributed by atoms with Crippen LogP contribution in [0.2, 0.25) is 0 Å². The summed E-state index contributed by atoms with van der Waals surface area (Å²) in [7, 11) is 0. The molecule has 86 valence electrons. The summed E-state index contributed by atoms with van der Waals surface area (Å²) in [6.07, 6.45) is 0. The van der Waals surface area contributed by atoms with E-state index in [1.54, 1.807) is 6.07 Å². The number of aromatic carboxylic acids is 1. The molecule has 0 saturated heterocycles. The van der Waals surface area contributed by atoms with Gasteiger partial charge in [0.25, 0.3) is 0 Å². The predicted octanol–water partition coefficient (Wildman–Crippen LogP) is 2.73. The van der Waals surface area contributed by atoms with Crippen LogP contribution in [0.1, 0.15) is 10.4 Å². The van der Waals surface area contributed by atoms with Gasteiger partial charge in [-0.05, 0) is 24.3 Å². The Labute approximate surface area is 95.4 Å². The molecule has 0 aliphatic carbocycles. The van der Waals surface area contributed by atoms with Crippen LogP contribution in [0.15, 0.2) is 36.4 Å². The van der Waals surface area contributed by atoms with Crippen molar-refractivity contribution in [3.05, 3.63) is 53.7 Å². The zero-order valence-electron chi connectivity index (χ0n) is 8.52. The van der Waals surface area contributed by atoms with Gasteiger partial charge in [0.2, 0.25) is 5.95 Å². The van der Waals surface area contributed by atoms with E-state index in [0.29, 0.717) is 0 Å². The third kappa shape index (κ3) is 2.13. The van der Waals surface area contributed by atoms with Crippen molar-refractivity contribution in [3.63, 3.8) is 0 Å². The van der Waals surface area contributed by atoms with Crippen LogP contribution in [0.5, 0.6) is 0 Å². The van der Waals surface area contributed by atoms with Crippen LogP contribution in [-0.2, 0) is 0 Å². The second-order valence-electron chi connectivity index (χ2n) is 3.32. The third-order valence-corrected chi connectivity index (χ3v) is 2.23. The lowest BCUT2D eigenvalue weighted by Gasteiger charge is -2.03. The summed E-state index contributed by atoms with van der Waals surface area (Å²) < 4.78 is 26.7.